The van der Waals surface area contributed by atoms with Crippen molar-refractivity contribution in [2.45, 2.75) is 65.3 Å². The number of nitrogens with zero attached hydrogens (tertiary/aromatic N) is 1. The molecular formula is C15H32N2. The zero-order valence-corrected chi connectivity index (χ0v) is 12.2. The average molecular weight is 240 g/mol. The minimum atomic E-state index is 0.806. The smallest absolute Gasteiger partial charge is 0.0110 e. The van der Waals surface area contributed by atoms with Crippen LogP contribution in [0.2, 0.25) is 0 Å². The van der Waals surface area contributed by atoms with Gasteiger partial charge >= 0.3 is 0 Å². The fourth-order valence-electron chi connectivity index (χ4n) is 2.36. The molecule has 0 aromatic rings. The second-order valence-electron chi connectivity index (χ2n) is 5.93. The Bertz CT molecular complexity index is 176. The van der Waals surface area contributed by atoms with Crippen LogP contribution in [0.15, 0.2) is 0 Å². The molecular weight excluding hydrogens is 208 g/mol. The molecule has 0 bridgehead atoms. The van der Waals surface area contributed by atoms with Crippen LogP contribution in [0.5, 0.6) is 0 Å². The molecule has 0 spiro atoms. The minimum Gasteiger partial charge on any atom is -0.315 e. The maximum atomic E-state index is 3.59. The highest BCUT2D eigenvalue weighted by Gasteiger charge is 2.28. The molecule has 1 saturated carbocycles. The average Bonchev–Trinajstić information content (AvgIpc) is 3.09. The van der Waals surface area contributed by atoms with Crippen molar-refractivity contribution in [1.82, 2.24) is 10.2 Å². The lowest BCUT2D eigenvalue weighted by Gasteiger charge is -2.24. The minimum absolute atomic E-state index is 0.806. The van der Waals surface area contributed by atoms with E-state index in [4.69, 9.17) is 0 Å². The molecule has 2 heteroatoms. The highest BCUT2D eigenvalue weighted by Crippen LogP contribution is 2.26. The zero-order chi connectivity index (χ0) is 12.5. The van der Waals surface area contributed by atoms with Crippen LogP contribution in [-0.2, 0) is 0 Å². The van der Waals surface area contributed by atoms with Gasteiger partial charge in [-0.1, -0.05) is 40.0 Å². The molecule has 0 heterocycles. The Morgan fingerprint density at radius 2 is 1.88 bits per heavy atom. The summed E-state index contributed by atoms with van der Waals surface area (Å²) in [5.74, 6) is 0.806. The molecule has 0 saturated heterocycles. The summed E-state index contributed by atoms with van der Waals surface area (Å²) < 4.78 is 0. The van der Waals surface area contributed by atoms with E-state index in [0.29, 0.717) is 0 Å². The van der Waals surface area contributed by atoms with Gasteiger partial charge in [-0.05, 0) is 31.7 Å². The number of hydrogen-bond donors (Lipinski definition) is 1. The molecule has 1 rings (SSSR count). The summed E-state index contributed by atoms with van der Waals surface area (Å²) >= 11 is 0. The Labute approximate surface area is 108 Å². The third-order valence-electron chi connectivity index (χ3n) is 3.45. The van der Waals surface area contributed by atoms with E-state index in [1.165, 1.54) is 64.7 Å². The maximum absolute atomic E-state index is 3.59. The molecule has 1 N–H and O–H groups in total. The Hall–Kier alpha value is -0.0800. The van der Waals surface area contributed by atoms with E-state index < -0.39 is 0 Å². The van der Waals surface area contributed by atoms with E-state index in [-0.39, 0.29) is 0 Å². The monoisotopic (exact) mass is 240 g/mol. The third-order valence-corrected chi connectivity index (χ3v) is 3.45. The van der Waals surface area contributed by atoms with Crippen LogP contribution in [0.25, 0.3) is 0 Å². The van der Waals surface area contributed by atoms with Gasteiger partial charge in [-0.15, -0.1) is 0 Å². The summed E-state index contributed by atoms with van der Waals surface area (Å²) in [6.45, 7) is 11.8. The third kappa shape index (κ3) is 7.77. The second-order valence-corrected chi connectivity index (χ2v) is 5.93. The van der Waals surface area contributed by atoms with Gasteiger partial charge in [0.1, 0.15) is 0 Å². The van der Waals surface area contributed by atoms with E-state index in [1.807, 2.05) is 0 Å². The largest absolute Gasteiger partial charge is 0.315 e. The first-order valence-corrected chi connectivity index (χ1v) is 7.68. The SMILES string of the molecule is CCCCCCNCCN(CC(C)C)C1CC1. The summed E-state index contributed by atoms with van der Waals surface area (Å²) in [4.78, 5) is 2.68. The fourth-order valence-corrected chi connectivity index (χ4v) is 2.36. The fraction of sp³-hybridized carbons (Fsp3) is 1.00. The summed E-state index contributed by atoms with van der Waals surface area (Å²) in [6, 6.07) is 0.916. The van der Waals surface area contributed by atoms with Gasteiger partial charge in [-0.2, -0.15) is 0 Å². The van der Waals surface area contributed by atoms with Crippen molar-refractivity contribution < 1.29 is 0 Å². The predicted octanol–water partition coefficient (Wildman–Crippen LogP) is 3.28. The normalized spacial score (nSPS) is 16.1. The van der Waals surface area contributed by atoms with Crippen LogP contribution in [0.3, 0.4) is 0 Å². The lowest BCUT2D eigenvalue weighted by Crippen LogP contribution is -2.36. The van der Waals surface area contributed by atoms with E-state index >= 15 is 0 Å². The molecule has 102 valence electrons. The Balaban J connectivity index is 1.95. The quantitative estimate of drug-likeness (QED) is 0.558. The highest BCUT2D eigenvalue weighted by molar-refractivity contribution is 4.85. The van der Waals surface area contributed by atoms with Crippen molar-refractivity contribution >= 4 is 0 Å². The molecule has 0 radical (unpaired) electrons. The molecule has 1 fully saturated rings. The van der Waals surface area contributed by atoms with E-state index in [1.54, 1.807) is 0 Å². The molecule has 17 heavy (non-hydrogen) atoms. The summed E-state index contributed by atoms with van der Waals surface area (Å²) in [5, 5.41) is 3.59. The van der Waals surface area contributed by atoms with Crippen molar-refractivity contribution in [3.05, 3.63) is 0 Å². The molecule has 0 aromatic carbocycles. The summed E-state index contributed by atoms with van der Waals surface area (Å²) in [7, 11) is 0. The Morgan fingerprint density at radius 3 is 2.47 bits per heavy atom. The van der Waals surface area contributed by atoms with E-state index in [9.17, 15) is 0 Å². The van der Waals surface area contributed by atoms with Crippen LogP contribution in [0.4, 0.5) is 0 Å². The van der Waals surface area contributed by atoms with E-state index in [2.05, 4.69) is 31.0 Å². The molecule has 0 amide bonds. The zero-order valence-electron chi connectivity index (χ0n) is 12.2. The maximum Gasteiger partial charge on any atom is 0.0110 e. The Morgan fingerprint density at radius 1 is 1.12 bits per heavy atom. The van der Waals surface area contributed by atoms with Gasteiger partial charge in [0.15, 0.2) is 0 Å². The van der Waals surface area contributed by atoms with Gasteiger partial charge in [0.2, 0.25) is 0 Å². The lowest BCUT2D eigenvalue weighted by molar-refractivity contribution is 0.234. The van der Waals surface area contributed by atoms with Crippen molar-refractivity contribution in [3.63, 3.8) is 0 Å². The molecule has 2 nitrogen and oxygen atoms in total. The molecule has 1 aliphatic carbocycles. The van der Waals surface area contributed by atoms with Gasteiger partial charge < -0.3 is 5.32 Å². The van der Waals surface area contributed by atoms with Gasteiger partial charge in [-0.25, -0.2) is 0 Å². The predicted molar refractivity (Wildman–Crippen MR) is 76.4 cm³/mol. The van der Waals surface area contributed by atoms with Crippen molar-refractivity contribution in [3.8, 4) is 0 Å². The van der Waals surface area contributed by atoms with Crippen molar-refractivity contribution in [2.24, 2.45) is 5.92 Å². The topological polar surface area (TPSA) is 15.3 Å². The van der Waals surface area contributed by atoms with Gasteiger partial charge in [-0.3, -0.25) is 4.90 Å². The summed E-state index contributed by atoms with van der Waals surface area (Å²) in [6.07, 6.45) is 8.34. The van der Waals surface area contributed by atoms with Crippen LogP contribution in [-0.4, -0.2) is 37.1 Å². The number of nitrogens with one attached hydrogen (secondary N) is 1. The van der Waals surface area contributed by atoms with Crippen LogP contribution < -0.4 is 5.32 Å². The highest BCUT2D eigenvalue weighted by atomic mass is 15.2. The van der Waals surface area contributed by atoms with Gasteiger partial charge in [0.25, 0.3) is 0 Å². The first kappa shape index (κ1) is 15.0. The van der Waals surface area contributed by atoms with Crippen LogP contribution >= 0.6 is 0 Å². The first-order chi connectivity index (χ1) is 8.24. The number of hydrogen-bond acceptors (Lipinski definition) is 2. The molecule has 0 aliphatic heterocycles. The first-order valence-electron chi connectivity index (χ1n) is 7.68. The number of unbranched alkanes of at least 4 members (excludes halogenated alkanes) is 3. The van der Waals surface area contributed by atoms with Crippen LogP contribution in [0, 0.1) is 5.92 Å². The molecule has 0 aromatic heterocycles. The lowest BCUT2D eigenvalue weighted by atomic mass is 10.2. The molecule has 0 unspecified atom stereocenters. The van der Waals surface area contributed by atoms with Crippen molar-refractivity contribution in [1.29, 1.82) is 0 Å². The van der Waals surface area contributed by atoms with Gasteiger partial charge in [0, 0.05) is 25.7 Å². The molecule has 0 atom stereocenters. The second kappa shape index (κ2) is 8.93. The van der Waals surface area contributed by atoms with Gasteiger partial charge in [0.05, 0.1) is 0 Å². The summed E-state index contributed by atoms with van der Waals surface area (Å²) in [5.41, 5.74) is 0. The number of rotatable bonds is 11. The Kier molecular flexibility index (Phi) is 7.87. The molecule has 1 aliphatic rings. The standard InChI is InChI=1S/C15H32N2/c1-4-5-6-7-10-16-11-12-17(13-14(2)3)15-8-9-15/h14-16H,4-13H2,1-3H3. The van der Waals surface area contributed by atoms with E-state index in [0.717, 1.165) is 12.0 Å². The van der Waals surface area contributed by atoms with Crippen LogP contribution in [0.1, 0.15) is 59.3 Å². The van der Waals surface area contributed by atoms with Crippen molar-refractivity contribution in [2.75, 3.05) is 26.2 Å².